The number of anilines is 1. The van der Waals surface area contributed by atoms with Gasteiger partial charge in [0.1, 0.15) is 16.9 Å². The molecule has 39 heavy (non-hydrogen) atoms. The molecule has 11 heteroatoms. The van der Waals surface area contributed by atoms with Crippen molar-refractivity contribution in [2.45, 2.75) is 13.8 Å². The molecule has 0 spiro atoms. The lowest BCUT2D eigenvalue weighted by molar-refractivity contribution is -0.383. The molecule has 0 aliphatic heterocycles. The molecule has 0 fully saturated rings. The monoisotopic (exact) mass is 526 g/mol. The lowest BCUT2D eigenvalue weighted by atomic mass is 10.1. The normalized spacial score (nSPS) is 11.3. The summed E-state index contributed by atoms with van der Waals surface area (Å²) in [6.07, 6.45) is 2.88. The molecule has 0 saturated carbocycles. The van der Waals surface area contributed by atoms with Gasteiger partial charge in [0.25, 0.3) is 0 Å². The van der Waals surface area contributed by atoms with E-state index in [1.54, 1.807) is 42.5 Å². The van der Waals surface area contributed by atoms with Crippen LogP contribution in [-0.4, -0.2) is 34.1 Å². The molecule has 0 aliphatic rings. The molecule has 3 aromatic carbocycles. The van der Waals surface area contributed by atoms with E-state index in [4.69, 9.17) is 9.15 Å². The average Bonchev–Trinajstić information content (AvgIpc) is 3.43. The number of ketones is 1. The van der Waals surface area contributed by atoms with Crippen LogP contribution >= 0.6 is 0 Å². The summed E-state index contributed by atoms with van der Waals surface area (Å²) >= 11 is 0. The number of hydrogen-bond acceptors (Lipinski definition) is 10. The first-order valence-electron chi connectivity index (χ1n) is 12.1. The molecule has 0 amide bonds. The highest BCUT2D eigenvalue weighted by Gasteiger charge is 2.20. The minimum absolute atomic E-state index is 0.0157. The summed E-state index contributed by atoms with van der Waals surface area (Å²) in [4.78, 5) is 38.0. The van der Waals surface area contributed by atoms with E-state index in [0.29, 0.717) is 22.3 Å². The van der Waals surface area contributed by atoms with Crippen molar-refractivity contribution in [1.29, 1.82) is 0 Å². The molecule has 5 aromatic rings. The van der Waals surface area contributed by atoms with Gasteiger partial charge in [-0.25, -0.2) is 9.42 Å². The van der Waals surface area contributed by atoms with E-state index in [1.807, 2.05) is 26.0 Å². The number of non-ortho nitro benzene ring substituents is 1. The highest BCUT2D eigenvalue weighted by atomic mass is 16.6. The number of nitrogens with zero attached hydrogens (tertiary/aromatic N) is 4. The van der Waals surface area contributed by atoms with E-state index in [0.717, 1.165) is 18.8 Å². The number of nitro groups is 1. The van der Waals surface area contributed by atoms with Crippen LogP contribution < -0.4 is 15.3 Å². The molecule has 11 nitrogen and oxygen atoms in total. The Balaban J connectivity index is 1.32. The van der Waals surface area contributed by atoms with Crippen molar-refractivity contribution in [2.24, 2.45) is 0 Å². The fourth-order valence-electron chi connectivity index (χ4n) is 4.15. The van der Waals surface area contributed by atoms with Crippen molar-refractivity contribution in [3.63, 3.8) is 0 Å². The molecule has 0 atom stereocenters. The fraction of sp³-hybridized carbons (Fsp3) is 0.143. The second kappa shape index (κ2) is 10.6. The zero-order valence-corrected chi connectivity index (χ0v) is 21.0. The average molecular weight is 527 g/mol. The van der Waals surface area contributed by atoms with Crippen molar-refractivity contribution in [2.75, 3.05) is 18.0 Å². The van der Waals surface area contributed by atoms with Gasteiger partial charge in [-0.05, 0) is 72.2 Å². The Bertz CT molecular complexity index is 1780. The Kier molecular flexibility index (Phi) is 6.87. The van der Waals surface area contributed by atoms with Crippen LogP contribution in [0.3, 0.4) is 0 Å². The maximum absolute atomic E-state index is 12.8. The summed E-state index contributed by atoms with van der Waals surface area (Å²) < 4.78 is 15.9. The summed E-state index contributed by atoms with van der Waals surface area (Å²) in [7, 11) is 0. The van der Waals surface area contributed by atoms with Crippen LogP contribution in [-0.2, 0) is 0 Å². The quantitative estimate of drug-likeness (QED) is 0.0763. The van der Waals surface area contributed by atoms with Crippen LogP contribution in [0.25, 0.3) is 28.1 Å². The van der Waals surface area contributed by atoms with E-state index >= 15 is 0 Å². The van der Waals surface area contributed by atoms with Gasteiger partial charge in [-0.2, -0.15) is 0 Å². The highest BCUT2D eigenvalue weighted by Crippen LogP contribution is 2.33. The van der Waals surface area contributed by atoms with Gasteiger partial charge in [0.2, 0.25) is 5.52 Å². The van der Waals surface area contributed by atoms with Gasteiger partial charge in [0.15, 0.2) is 17.0 Å². The van der Waals surface area contributed by atoms with E-state index < -0.39 is 16.3 Å². The molecule has 0 radical (unpaired) electrons. The van der Waals surface area contributed by atoms with Crippen LogP contribution in [0.5, 0.6) is 11.5 Å². The number of carbonyl (C=O) groups is 1. The maximum Gasteiger partial charge on any atom is 0.347 e. The first-order chi connectivity index (χ1) is 18.9. The van der Waals surface area contributed by atoms with Gasteiger partial charge < -0.3 is 14.1 Å². The lowest BCUT2D eigenvalue weighted by Gasteiger charge is -2.20. The van der Waals surface area contributed by atoms with Gasteiger partial charge >= 0.3 is 11.3 Å². The van der Waals surface area contributed by atoms with Gasteiger partial charge in [0, 0.05) is 36.3 Å². The zero-order valence-electron chi connectivity index (χ0n) is 21.0. The Labute approximate surface area is 221 Å². The predicted octanol–water partition coefficient (Wildman–Crippen LogP) is 5.77. The Hall–Kier alpha value is -5.32. The van der Waals surface area contributed by atoms with Gasteiger partial charge in [-0.1, -0.05) is 18.2 Å². The second-order valence-corrected chi connectivity index (χ2v) is 8.51. The van der Waals surface area contributed by atoms with E-state index in [9.17, 15) is 19.7 Å². The predicted molar refractivity (Wildman–Crippen MR) is 144 cm³/mol. The van der Waals surface area contributed by atoms with Crippen molar-refractivity contribution in [3.05, 3.63) is 98.4 Å². The second-order valence-electron chi connectivity index (χ2n) is 8.51. The zero-order chi connectivity index (χ0) is 27.5. The van der Waals surface area contributed by atoms with Crippen LogP contribution in [0.2, 0.25) is 0 Å². The van der Waals surface area contributed by atoms with Crippen LogP contribution in [0.4, 0.5) is 11.4 Å². The number of rotatable bonds is 9. The third kappa shape index (κ3) is 5.10. The van der Waals surface area contributed by atoms with Gasteiger partial charge in [-0.3, -0.25) is 14.9 Å². The first kappa shape index (κ1) is 25.3. The molecule has 0 bridgehead atoms. The third-order valence-electron chi connectivity index (χ3n) is 6.20. The Morgan fingerprint density at radius 3 is 2.49 bits per heavy atom. The summed E-state index contributed by atoms with van der Waals surface area (Å²) in [5.74, 6) is 0.184. The number of allylic oxidation sites excluding steroid dienone is 1. The van der Waals surface area contributed by atoms with Crippen LogP contribution in [0.1, 0.15) is 29.8 Å². The summed E-state index contributed by atoms with van der Waals surface area (Å²) in [6, 6.07) is 16.5. The van der Waals surface area contributed by atoms with Crippen molar-refractivity contribution >= 4 is 45.2 Å². The molecule has 2 heterocycles. The molecular weight excluding hydrogens is 504 g/mol. The lowest BCUT2D eigenvalue weighted by Crippen LogP contribution is -2.21. The standard InChI is InChI=1S/C28H22N4O7/c1-3-31(4-2)19-9-8-18-15-21(28(34)38-25(18)16-19)23(33)13-7-17-5-10-20(11-6-17)37-24-14-12-22(32(35)36)26-27(24)30-39-29-26/h5-16H,3-4H2,1-2H3/b13-7+. The summed E-state index contributed by atoms with van der Waals surface area (Å²) in [6.45, 7) is 5.73. The minimum atomic E-state index is -0.700. The summed E-state index contributed by atoms with van der Waals surface area (Å²) in [5.41, 5.74) is 1.16. The van der Waals surface area contributed by atoms with Crippen LogP contribution in [0.15, 0.2) is 80.6 Å². The van der Waals surface area contributed by atoms with E-state index in [1.165, 1.54) is 18.2 Å². The molecule has 5 rings (SSSR count). The van der Waals surface area contributed by atoms with E-state index in [-0.39, 0.29) is 28.0 Å². The van der Waals surface area contributed by atoms with Crippen LogP contribution in [0, 0.1) is 10.1 Å². The van der Waals surface area contributed by atoms with Gasteiger partial charge in [0.05, 0.1) is 4.92 Å². The third-order valence-corrected chi connectivity index (χ3v) is 6.20. The molecule has 0 unspecified atom stereocenters. The van der Waals surface area contributed by atoms with Gasteiger partial charge in [-0.15, -0.1) is 0 Å². The molecule has 0 N–H and O–H groups in total. The van der Waals surface area contributed by atoms with E-state index in [2.05, 4.69) is 19.8 Å². The number of benzene rings is 3. The number of fused-ring (bicyclic) bond motifs is 2. The van der Waals surface area contributed by atoms with Crippen molar-refractivity contribution in [1.82, 2.24) is 10.3 Å². The molecular formula is C28H22N4O7. The minimum Gasteiger partial charge on any atom is -0.455 e. The largest absolute Gasteiger partial charge is 0.455 e. The first-order valence-corrected chi connectivity index (χ1v) is 12.1. The SMILES string of the molecule is CCN(CC)c1ccc2cc(C(=O)/C=C/c3ccc(Oc4ccc([N+](=O)[O-])c5nonc45)cc3)c(=O)oc2c1. The molecule has 2 aromatic heterocycles. The topological polar surface area (TPSA) is 142 Å². The summed E-state index contributed by atoms with van der Waals surface area (Å²) in [5, 5.41) is 19.1. The number of nitro benzene ring substituents is 1. The molecule has 196 valence electrons. The maximum atomic E-state index is 12.8. The van der Waals surface area contributed by atoms with Crippen molar-refractivity contribution < 1.29 is 23.5 Å². The number of hydrogen-bond donors (Lipinski definition) is 0. The highest BCUT2D eigenvalue weighted by molar-refractivity contribution is 6.07. The number of aromatic nitrogens is 2. The van der Waals surface area contributed by atoms with Crippen molar-refractivity contribution in [3.8, 4) is 11.5 Å². The smallest absolute Gasteiger partial charge is 0.347 e. The fourth-order valence-corrected chi connectivity index (χ4v) is 4.15. The molecule has 0 saturated heterocycles. The Morgan fingerprint density at radius 1 is 1.03 bits per heavy atom. The number of ether oxygens (including phenoxy) is 1. The Morgan fingerprint density at radius 2 is 1.77 bits per heavy atom. The number of carbonyl (C=O) groups excluding carboxylic acids is 1. The molecule has 0 aliphatic carbocycles.